The molecule has 1 aromatic carbocycles. The molecule has 1 rings (SSSR count). The second kappa shape index (κ2) is 6.64. The monoisotopic (exact) mass is 464 g/mol. The molecule has 90 valence electrons. The maximum absolute atomic E-state index is 5.44. The Morgan fingerprint density at radius 1 is 1.00 bits per heavy atom. The molecule has 0 N–H and O–H groups in total. The van der Waals surface area contributed by atoms with Gasteiger partial charge < -0.3 is 13.3 Å². The first-order chi connectivity index (χ1) is 7.58. The Balaban J connectivity index is 3.02. The molecule has 0 aliphatic heterocycles. The summed E-state index contributed by atoms with van der Waals surface area (Å²) in [5.41, 5.74) is 1.24. The van der Waals surface area contributed by atoms with Crippen molar-refractivity contribution in [2.24, 2.45) is 0 Å². The van der Waals surface area contributed by atoms with Gasteiger partial charge in [0.15, 0.2) is 0 Å². The topological polar surface area (TPSA) is 27.7 Å². The van der Waals surface area contributed by atoms with Crippen molar-refractivity contribution in [1.29, 1.82) is 0 Å². The third-order valence-electron chi connectivity index (χ3n) is 2.39. The second-order valence-corrected chi connectivity index (χ2v) is 8.44. The van der Waals surface area contributed by atoms with Gasteiger partial charge in [-0.2, -0.15) is 0 Å². The lowest BCUT2D eigenvalue weighted by Crippen LogP contribution is -2.46. The van der Waals surface area contributed by atoms with Crippen LogP contribution < -0.4 is 0 Å². The standard InChI is InChI=1S/C10H14I2O3Si/c1-13-16(14-2,15-3)7-8-9(11)5-4-6-10(8)12/h4-6H,7H2,1-3H3. The normalized spacial score (nSPS) is 11.8. The summed E-state index contributed by atoms with van der Waals surface area (Å²) in [5.74, 6) is 0. The molecule has 0 bridgehead atoms. The summed E-state index contributed by atoms with van der Waals surface area (Å²) >= 11 is 4.65. The van der Waals surface area contributed by atoms with Crippen LogP contribution >= 0.6 is 45.2 Å². The fraction of sp³-hybridized carbons (Fsp3) is 0.400. The van der Waals surface area contributed by atoms with E-state index in [9.17, 15) is 0 Å². The third kappa shape index (κ3) is 3.39. The summed E-state index contributed by atoms with van der Waals surface area (Å²) < 4.78 is 18.7. The first-order valence-corrected chi connectivity index (χ1v) is 8.76. The van der Waals surface area contributed by atoms with Crippen molar-refractivity contribution in [2.75, 3.05) is 21.3 Å². The van der Waals surface area contributed by atoms with Crippen molar-refractivity contribution in [3.63, 3.8) is 0 Å². The Labute approximate surface area is 125 Å². The molecule has 0 unspecified atom stereocenters. The summed E-state index contributed by atoms with van der Waals surface area (Å²) in [4.78, 5) is 0. The van der Waals surface area contributed by atoms with Crippen molar-refractivity contribution in [3.05, 3.63) is 30.9 Å². The summed E-state index contributed by atoms with van der Waals surface area (Å²) in [5, 5.41) is 0. The third-order valence-corrected chi connectivity index (χ3v) is 7.06. The van der Waals surface area contributed by atoms with Gasteiger partial charge in [-0.3, -0.25) is 0 Å². The van der Waals surface area contributed by atoms with Crippen LogP contribution in [0.3, 0.4) is 0 Å². The summed E-state index contributed by atoms with van der Waals surface area (Å²) in [6.07, 6.45) is 0. The zero-order valence-corrected chi connectivity index (χ0v) is 14.7. The van der Waals surface area contributed by atoms with Crippen molar-refractivity contribution < 1.29 is 13.3 Å². The van der Waals surface area contributed by atoms with Gasteiger partial charge in [-0.25, -0.2) is 0 Å². The molecule has 0 aliphatic rings. The lowest BCUT2D eigenvalue weighted by atomic mass is 10.2. The van der Waals surface area contributed by atoms with Crippen LogP contribution in [-0.4, -0.2) is 30.1 Å². The number of hydrogen-bond donors (Lipinski definition) is 0. The molecule has 3 nitrogen and oxygen atoms in total. The Morgan fingerprint density at radius 3 is 1.81 bits per heavy atom. The van der Waals surface area contributed by atoms with Gasteiger partial charge in [-0.1, -0.05) is 6.07 Å². The maximum Gasteiger partial charge on any atom is 0.504 e. The minimum atomic E-state index is -2.53. The van der Waals surface area contributed by atoms with Gasteiger partial charge in [0.25, 0.3) is 0 Å². The van der Waals surface area contributed by atoms with Crippen LogP contribution in [0.25, 0.3) is 0 Å². The molecular weight excluding hydrogens is 450 g/mol. The van der Waals surface area contributed by atoms with E-state index >= 15 is 0 Å². The van der Waals surface area contributed by atoms with Crippen LogP contribution in [0.15, 0.2) is 18.2 Å². The number of rotatable bonds is 5. The Kier molecular flexibility index (Phi) is 6.16. The van der Waals surface area contributed by atoms with Crippen molar-refractivity contribution >= 4 is 54.0 Å². The van der Waals surface area contributed by atoms with E-state index in [1.807, 2.05) is 6.07 Å². The summed E-state index contributed by atoms with van der Waals surface area (Å²) in [6.45, 7) is 0. The molecule has 1 aromatic rings. The molecule has 0 atom stereocenters. The summed E-state index contributed by atoms with van der Waals surface area (Å²) in [7, 11) is 2.39. The molecule has 0 aromatic heterocycles. The highest BCUT2D eigenvalue weighted by Crippen LogP contribution is 2.24. The maximum atomic E-state index is 5.44. The predicted octanol–water partition coefficient (Wildman–Crippen LogP) is 2.86. The predicted molar refractivity (Wildman–Crippen MR) is 82.4 cm³/mol. The fourth-order valence-corrected chi connectivity index (χ4v) is 5.74. The average molecular weight is 464 g/mol. The van der Waals surface area contributed by atoms with Gasteiger partial charge in [-0.05, 0) is 62.9 Å². The molecule has 16 heavy (non-hydrogen) atoms. The van der Waals surface area contributed by atoms with E-state index < -0.39 is 8.80 Å². The molecule has 0 aliphatic carbocycles. The molecule has 0 saturated carbocycles. The van der Waals surface area contributed by atoms with Crippen molar-refractivity contribution in [3.8, 4) is 0 Å². The first kappa shape index (κ1) is 14.8. The average Bonchev–Trinajstić information content (AvgIpc) is 2.30. The van der Waals surface area contributed by atoms with Crippen LogP contribution in [0.4, 0.5) is 0 Å². The molecular formula is C10H14I2O3Si. The van der Waals surface area contributed by atoms with Gasteiger partial charge in [0, 0.05) is 34.5 Å². The van der Waals surface area contributed by atoms with Gasteiger partial charge in [-0.15, -0.1) is 0 Å². The smallest absolute Gasteiger partial charge is 0.377 e. The van der Waals surface area contributed by atoms with E-state index in [1.54, 1.807) is 21.3 Å². The lowest BCUT2D eigenvalue weighted by Gasteiger charge is -2.25. The van der Waals surface area contributed by atoms with Crippen LogP contribution in [0.2, 0.25) is 0 Å². The molecule has 0 saturated heterocycles. The van der Waals surface area contributed by atoms with E-state index in [-0.39, 0.29) is 0 Å². The largest absolute Gasteiger partial charge is 0.504 e. The summed E-state index contributed by atoms with van der Waals surface area (Å²) in [6, 6.07) is 6.91. The Hall–Kier alpha value is 0.777. The van der Waals surface area contributed by atoms with E-state index in [4.69, 9.17) is 13.3 Å². The second-order valence-electron chi connectivity index (χ2n) is 3.17. The first-order valence-electron chi connectivity index (χ1n) is 4.67. The van der Waals surface area contributed by atoms with Crippen LogP contribution in [0.5, 0.6) is 0 Å². The number of benzene rings is 1. The minimum Gasteiger partial charge on any atom is -0.377 e. The van der Waals surface area contributed by atoms with Crippen LogP contribution in [0.1, 0.15) is 5.56 Å². The zero-order chi connectivity index (χ0) is 12.2. The van der Waals surface area contributed by atoms with Crippen molar-refractivity contribution in [1.82, 2.24) is 0 Å². The molecule has 0 amide bonds. The molecule has 0 fully saturated rings. The Morgan fingerprint density at radius 2 is 1.44 bits per heavy atom. The van der Waals surface area contributed by atoms with Crippen LogP contribution in [0, 0.1) is 7.14 Å². The van der Waals surface area contributed by atoms with Gasteiger partial charge >= 0.3 is 8.80 Å². The van der Waals surface area contributed by atoms with E-state index in [1.165, 1.54) is 12.7 Å². The highest BCUT2D eigenvalue weighted by Gasteiger charge is 2.39. The van der Waals surface area contributed by atoms with E-state index in [2.05, 4.69) is 57.3 Å². The SMILES string of the molecule is CO[Si](Cc1c(I)cccc1I)(OC)OC. The quantitative estimate of drug-likeness (QED) is 0.496. The van der Waals surface area contributed by atoms with Gasteiger partial charge in [0.1, 0.15) is 0 Å². The fourth-order valence-electron chi connectivity index (χ4n) is 1.38. The van der Waals surface area contributed by atoms with Gasteiger partial charge in [0.05, 0.1) is 0 Å². The molecule has 0 radical (unpaired) electrons. The number of halogens is 2. The highest BCUT2D eigenvalue weighted by molar-refractivity contribution is 14.1. The minimum absolute atomic E-state index is 0.702. The van der Waals surface area contributed by atoms with E-state index in [0.717, 1.165) is 0 Å². The molecule has 6 heteroatoms. The highest BCUT2D eigenvalue weighted by atomic mass is 127. The molecule has 0 spiro atoms. The van der Waals surface area contributed by atoms with Crippen LogP contribution in [-0.2, 0) is 19.3 Å². The van der Waals surface area contributed by atoms with Gasteiger partial charge in [0.2, 0.25) is 0 Å². The number of hydrogen-bond acceptors (Lipinski definition) is 3. The molecule has 0 heterocycles. The lowest BCUT2D eigenvalue weighted by molar-refractivity contribution is 0.122. The van der Waals surface area contributed by atoms with E-state index in [0.29, 0.717) is 6.04 Å². The Bertz CT molecular complexity index is 327. The van der Waals surface area contributed by atoms with Crippen molar-refractivity contribution in [2.45, 2.75) is 6.04 Å². The zero-order valence-electron chi connectivity index (χ0n) is 9.42.